The average Bonchev–Trinajstić information content (AvgIpc) is 3.06. The van der Waals surface area contributed by atoms with Gasteiger partial charge in [0.05, 0.1) is 0 Å². The number of hydrogen-bond donors (Lipinski definition) is 0. The van der Waals surface area contributed by atoms with Gasteiger partial charge >= 0.3 is 0 Å². The Hall–Kier alpha value is -0.570. The molecule has 3 heteroatoms. The van der Waals surface area contributed by atoms with E-state index in [4.69, 9.17) is 4.74 Å². The number of rotatable bonds is 2. The van der Waals surface area contributed by atoms with Crippen molar-refractivity contribution in [2.75, 3.05) is 26.3 Å². The van der Waals surface area contributed by atoms with Gasteiger partial charge in [0.1, 0.15) is 0 Å². The van der Waals surface area contributed by atoms with Crippen molar-refractivity contribution >= 4 is 6.41 Å². The van der Waals surface area contributed by atoms with Crippen molar-refractivity contribution in [3.05, 3.63) is 0 Å². The number of likely N-dealkylation sites (tertiary alicyclic amines) is 1. The molecule has 2 saturated heterocycles. The summed E-state index contributed by atoms with van der Waals surface area (Å²) in [6.07, 6.45) is 4.71. The van der Waals surface area contributed by atoms with Crippen LogP contribution in [-0.4, -0.2) is 37.6 Å². The third kappa shape index (κ3) is 7.37. The highest BCUT2D eigenvalue weighted by molar-refractivity contribution is 5.47. The zero-order valence-electron chi connectivity index (χ0n) is 11.9. The van der Waals surface area contributed by atoms with Crippen molar-refractivity contribution in [2.24, 2.45) is 11.8 Å². The van der Waals surface area contributed by atoms with E-state index in [9.17, 15) is 4.79 Å². The lowest BCUT2D eigenvalue weighted by Crippen LogP contribution is -2.19. The molecule has 2 aliphatic rings. The highest BCUT2D eigenvalue weighted by Crippen LogP contribution is 2.21. The largest absolute Gasteiger partial charge is 0.381 e. The molecule has 2 rings (SSSR count). The summed E-state index contributed by atoms with van der Waals surface area (Å²) in [7, 11) is 0. The van der Waals surface area contributed by atoms with Gasteiger partial charge < -0.3 is 9.64 Å². The van der Waals surface area contributed by atoms with Crippen molar-refractivity contribution in [3.8, 4) is 0 Å². The van der Waals surface area contributed by atoms with E-state index in [2.05, 4.69) is 13.8 Å². The Bertz CT molecular complexity index is 171. The molecule has 0 bridgehead atoms. The van der Waals surface area contributed by atoms with Gasteiger partial charge in [0.25, 0.3) is 0 Å². The molecule has 1 amide bonds. The predicted octanol–water partition coefficient (Wildman–Crippen LogP) is 2.94. The van der Waals surface area contributed by atoms with Crippen molar-refractivity contribution in [3.63, 3.8) is 0 Å². The number of ether oxygens (including phenoxy) is 1. The molecule has 102 valence electrons. The molecule has 2 heterocycles. The number of carbonyl (C=O) groups is 1. The van der Waals surface area contributed by atoms with E-state index in [0.717, 1.165) is 44.5 Å². The van der Waals surface area contributed by atoms with Crippen molar-refractivity contribution in [1.29, 1.82) is 0 Å². The second-order valence-corrected chi connectivity index (χ2v) is 4.71. The van der Waals surface area contributed by atoms with Crippen molar-refractivity contribution in [2.45, 2.75) is 47.0 Å². The highest BCUT2D eigenvalue weighted by Gasteiger charge is 2.23. The maximum absolute atomic E-state index is 10.3. The molecule has 17 heavy (non-hydrogen) atoms. The van der Waals surface area contributed by atoms with E-state index in [1.54, 1.807) is 0 Å². The van der Waals surface area contributed by atoms with Crippen LogP contribution in [0.5, 0.6) is 0 Å². The third-order valence-electron chi connectivity index (χ3n) is 3.18. The normalized spacial score (nSPS) is 22.6. The van der Waals surface area contributed by atoms with Crippen LogP contribution in [0.15, 0.2) is 0 Å². The number of amides is 1. The molecule has 0 N–H and O–H groups in total. The summed E-state index contributed by atoms with van der Waals surface area (Å²) < 4.78 is 4.94. The lowest BCUT2D eigenvalue weighted by atomic mass is 9.95. The molecule has 0 saturated carbocycles. The molecule has 1 atom stereocenters. The summed E-state index contributed by atoms with van der Waals surface area (Å²) in [4.78, 5) is 12.2. The van der Waals surface area contributed by atoms with Gasteiger partial charge in [0, 0.05) is 26.3 Å². The number of carbonyl (C=O) groups excluding carboxylic acids is 1. The Morgan fingerprint density at radius 2 is 1.82 bits per heavy atom. The Morgan fingerprint density at radius 3 is 2.06 bits per heavy atom. The van der Waals surface area contributed by atoms with Crippen LogP contribution in [-0.2, 0) is 9.53 Å². The minimum absolute atomic E-state index is 0.727. The molecular weight excluding hydrogens is 214 g/mol. The summed E-state index contributed by atoms with van der Waals surface area (Å²) in [5, 5.41) is 0. The predicted molar refractivity (Wildman–Crippen MR) is 72.0 cm³/mol. The zero-order valence-corrected chi connectivity index (χ0v) is 11.9. The summed E-state index contributed by atoms with van der Waals surface area (Å²) in [5.41, 5.74) is 0. The second kappa shape index (κ2) is 10.6. The zero-order chi connectivity index (χ0) is 13.1. The summed E-state index contributed by atoms with van der Waals surface area (Å²) >= 11 is 0. The Labute approximate surface area is 107 Å². The monoisotopic (exact) mass is 243 g/mol. The van der Waals surface area contributed by atoms with Crippen molar-refractivity contribution < 1.29 is 9.53 Å². The van der Waals surface area contributed by atoms with E-state index in [1.807, 2.05) is 18.7 Å². The lowest BCUT2D eigenvalue weighted by molar-refractivity contribution is -0.117. The van der Waals surface area contributed by atoms with Crippen LogP contribution in [0.4, 0.5) is 0 Å². The SMILES string of the molecule is C1CCOC1.CC.CC(C)C1CCN(C=O)C1. The van der Waals surface area contributed by atoms with E-state index >= 15 is 0 Å². The molecule has 2 aliphatic heterocycles. The minimum atomic E-state index is 0.727. The van der Waals surface area contributed by atoms with Crippen LogP contribution in [0.25, 0.3) is 0 Å². The fraction of sp³-hybridized carbons (Fsp3) is 0.929. The first-order valence-electron chi connectivity index (χ1n) is 7.01. The molecular formula is C14H29NO2. The molecule has 2 fully saturated rings. The van der Waals surface area contributed by atoms with Crippen LogP contribution in [0.3, 0.4) is 0 Å². The van der Waals surface area contributed by atoms with E-state index in [-0.39, 0.29) is 0 Å². The number of nitrogens with zero attached hydrogens (tertiary/aromatic N) is 1. The summed E-state index contributed by atoms with van der Waals surface area (Å²) in [6, 6.07) is 0. The second-order valence-electron chi connectivity index (χ2n) is 4.71. The average molecular weight is 243 g/mol. The van der Waals surface area contributed by atoms with Gasteiger partial charge in [-0.05, 0) is 31.1 Å². The quantitative estimate of drug-likeness (QED) is 0.698. The van der Waals surface area contributed by atoms with Gasteiger partial charge in [0.2, 0.25) is 6.41 Å². The third-order valence-corrected chi connectivity index (χ3v) is 3.18. The van der Waals surface area contributed by atoms with Crippen LogP contribution in [0.2, 0.25) is 0 Å². The minimum Gasteiger partial charge on any atom is -0.381 e. The number of hydrogen-bond acceptors (Lipinski definition) is 2. The fourth-order valence-corrected chi connectivity index (χ4v) is 1.97. The topological polar surface area (TPSA) is 29.5 Å². The molecule has 0 radical (unpaired) electrons. The first-order chi connectivity index (χ1) is 8.24. The summed E-state index contributed by atoms with van der Waals surface area (Å²) in [5.74, 6) is 1.47. The molecule has 0 aliphatic carbocycles. The van der Waals surface area contributed by atoms with Crippen LogP contribution in [0.1, 0.15) is 47.0 Å². The van der Waals surface area contributed by atoms with Crippen molar-refractivity contribution in [1.82, 2.24) is 4.90 Å². The smallest absolute Gasteiger partial charge is 0.209 e. The van der Waals surface area contributed by atoms with Gasteiger partial charge in [-0.3, -0.25) is 4.79 Å². The standard InChI is InChI=1S/C8H15NO.C4H8O.C2H6/c1-7(2)8-3-4-9(5-8)6-10;1-2-4-5-3-1;1-2/h6-8H,3-5H2,1-2H3;1-4H2;1-2H3. The molecule has 3 nitrogen and oxygen atoms in total. The Kier molecular flexibility index (Phi) is 10.2. The Morgan fingerprint density at radius 1 is 1.24 bits per heavy atom. The lowest BCUT2D eigenvalue weighted by Gasteiger charge is -2.13. The van der Waals surface area contributed by atoms with Gasteiger partial charge in [-0.1, -0.05) is 27.7 Å². The van der Waals surface area contributed by atoms with E-state index < -0.39 is 0 Å². The van der Waals surface area contributed by atoms with E-state index in [1.165, 1.54) is 19.3 Å². The molecule has 0 aromatic carbocycles. The molecule has 0 spiro atoms. The maximum atomic E-state index is 10.3. The first kappa shape index (κ1) is 16.4. The van der Waals surface area contributed by atoms with Gasteiger partial charge in [-0.2, -0.15) is 0 Å². The molecule has 0 aromatic heterocycles. The highest BCUT2D eigenvalue weighted by atomic mass is 16.5. The van der Waals surface area contributed by atoms with E-state index in [0.29, 0.717) is 0 Å². The summed E-state index contributed by atoms with van der Waals surface area (Å²) in [6.45, 7) is 12.4. The van der Waals surface area contributed by atoms with Gasteiger partial charge in [-0.15, -0.1) is 0 Å². The van der Waals surface area contributed by atoms with Crippen LogP contribution < -0.4 is 0 Å². The Balaban J connectivity index is 0.000000306. The molecule has 0 aromatic rings. The first-order valence-corrected chi connectivity index (χ1v) is 7.01. The maximum Gasteiger partial charge on any atom is 0.209 e. The van der Waals surface area contributed by atoms with Gasteiger partial charge in [0.15, 0.2) is 0 Å². The molecule has 1 unspecified atom stereocenters. The fourth-order valence-electron chi connectivity index (χ4n) is 1.97. The van der Waals surface area contributed by atoms with Crippen LogP contribution >= 0.6 is 0 Å². The van der Waals surface area contributed by atoms with Gasteiger partial charge in [-0.25, -0.2) is 0 Å². The van der Waals surface area contributed by atoms with Crippen LogP contribution in [0, 0.1) is 11.8 Å².